The van der Waals surface area contributed by atoms with Crippen molar-refractivity contribution in [2.75, 3.05) is 31.2 Å². The molecular weight excluding hydrogens is 536 g/mol. The maximum Gasteiger partial charge on any atom is 0.320 e. The smallest absolute Gasteiger partial charge is 0.320 e. The van der Waals surface area contributed by atoms with Gasteiger partial charge in [0.2, 0.25) is 0 Å². The van der Waals surface area contributed by atoms with Crippen molar-refractivity contribution in [3.05, 3.63) is 53.3 Å². The Kier molecular flexibility index (Phi) is 7.05. The normalized spacial score (nSPS) is 14.6. The molecule has 1 saturated heterocycles. The molecule has 1 amide bonds. The highest BCUT2D eigenvalue weighted by Crippen LogP contribution is 2.37. The van der Waals surface area contributed by atoms with Gasteiger partial charge in [-0.2, -0.15) is 15.2 Å². The number of aromatic nitrogens is 5. The lowest BCUT2D eigenvalue weighted by atomic mass is 9.93. The summed E-state index contributed by atoms with van der Waals surface area (Å²) in [5.74, 6) is 0.323. The average Bonchev–Trinajstić information content (AvgIpc) is 3.28. The van der Waals surface area contributed by atoms with Gasteiger partial charge in [0.25, 0.3) is 5.91 Å². The molecular formula is C27H27ClN8O4. The van der Waals surface area contributed by atoms with Gasteiger partial charge in [0.15, 0.2) is 22.6 Å². The Bertz CT molecular complexity index is 1600. The number of hydrogen-bond acceptors (Lipinski definition) is 10. The van der Waals surface area contributed by atoms with E-state index >= 15 is 0 Å². The molecule has 0 saturated carbocycles. The molecule has 1 aromatic carbocycles. The summed E-state index contributed by atoms with van der Waals surface area (Å²) in [5.41, 5.74) is 5.82. The molecule has 4 aromatic rings. The minimum Gasteiger partial charge on any atom is -0.460 e. The average molecular weight is 563 g/mol. The van der Waals surface area contributed by atoms with Crippen molar-refractivity contribution in [2.24, 2.45) is 5.73 Å². The number of nitriles is 1. The number of carbonyl (C=O) groups is 1. The molecule has 40 heavy (non-hydrogen) atoms. The van der Waals surface area contributed by atoms with Crippen LogP contribution >= 0.6 is 11.6 Å². The summed E-state index contributed by atoms with van der Waals surface area (Å²) >= 11 is 6.17. The lowest BCUT2D eigenvalue weighted by Crippen LogP contribution is -2.69. The van der Waals surface area contributed by atoms with Crippen LogP contribution in [0.25, 0.3) is 28.2 Å². The number of rotatable bonds is 9. The fourth-order valence-electron chi connectivity index (χ4n) is 4.39. The van der Waals surface area contributed by atoms with Crippen molar-refractivity contribution in [1.29, 1.82) is 5.26 Å². The molecule has 0 spiro atoms. The first-order chi connectivity index (χ1) is 19.0. The molecule has 3 N–H and O–H groups in total. The summed E-state index contributed by atoms with van der Waals surface area (Å²) in [5, 5.41) is 20.0. The molecule has 3 aromatic heterocycles. The fraction of sp³-hybridized carbons (Fsp3) is 0.333. The highest BCUT2D eigenvalue weighted by Gasteiger charge is 2.50. The van der Waals surface area contributed by atoms with E-state index in [1.807, 2.05) is 23.1 Å². The van der Waals surface area contributed by atoms with Crippen LogP contribution in [0.5, 0.6) is 6.01 Å². The molecule has 1 fully saturated rings. The minimum atomic E-state index is -1.15. The molecule has 0 radical (unpaired) electrons. The Morgan fingerprint density at radius 3 is 2.50 bits per heavy atom. The van der Waals surface area contributed by atoms with E-state index in [0.29, 0.717) is 45.7 Å². The van der Waals surface area contributed by atoms with Crippen LogP contribution in [-0.2, 0) is 9.53 Å². The number of aliphatic hydroxyl groups is 1. The number of ether oxygens (including phenoxy) is 2. The zero-order valence-electron chi connectivity index (χ0n) is 22.1. The largest absolute Gasteiger partial charge is 0.460 e. The van der Waals surface area contributed by atoms with Gasteiger partial charge >= 0.3 is 6.01 Å². The van der Waals surface area contributed by atoms with Crippen molar-refractivity contribution >= 4 is 34.5 Å². The molecule has 1 aliphatic rings. The Morgan fingerprint density at radius 1 is 1.20 bits per heavy atom. The summed E-state index contributed by atoms with van der Waals surface area (Å²) in [6.45, 7) is 5.59. The van der Waals surface area contributed by atoms with Crippen LogP contribution in [-0.4, -0.2) is 73.0 Å². The second kappa shape index (κ2) is 10.3. The number of halogens is 1. The van der Waals surface area contributed by atoms with Gasteiger partial charge in [-0.25, -0.2) is 9.97 Å². The quantitative estimate of drug-likeness (QED) is 0.309. The maximum absolute atomic E-state index is 12.2. The summed E-state index contributed by atoms with van der Waals surface area (Å²) in [7, 11) is 0. The number of pyridine rings is 1. The van der Waals surface area contributed by atoms with Crippen LogP contribution in [0.3, 0.4) is 0 Å². The van der Waals surface area contributed by atoms with Gasteiger partial charge in [0.05, 0.1) is 18.7 Å². The Labute approximate surface area is 235 Å². The molecule has 0 aliphatic carbocycles. The van der Waals surface area contributed by atoms with Crippen LogP contribution in [0.1, 0.15) is 26.5 Å². The van der Waals surface area contributed by atoms with Crippen molar-refractivity contribution in [3.8, 4) is 29.2 Å². The molecule has 0 unspecified atom stereocenters. The van der Waals surface area contributed by atoms with E-state index in [0.717, 1.165) is 0 Å². The molecule has 0 atom stereocenters. The van der Waals surface area contributed by atoms with E-state index in [-0.39, 0.29) is 31.4 Å². The highest BCUT2D eigenvalue weighted by atomic mass is 35.5. The van der Waals surface area contributed by atoms with Gasteiger partial charge < -0.3 is 25.2 Å². The SMILES string of the molecule is CCOC1(C(N)=O)CN(c2nc(OCC(C)(C)O)nc3c2nc(-c2ccc(C#N)nc2)n3-c2ccc(Cl)cc2)C1. The van der Waals surface area contributed by atoms with Crippen molar-refractivity contribution in [1.82, 2.24) is 24.5 Å². The third kappa shape index (κ3) is 5.14. The van der Waals surface area contributed by atoms with E-state index in [2.05, 4.69) is 15.0 Å². The number of amides is 1. The van der Waals surface area contributed by atoms with E-state index in [1.54, 1.807) is 55.8 Å². The van der Waals surface area contributed by atoms with Crippen molar-refractivity contribution in [3.63, 3.8) is 0 Å². The number of carbonyl (C=O) groups excluding carboxylic acids is 1. The first-order valence-corrected chi connectivity index (χ1v) is 12.9. The highest BCUT2D eigenvalue weighted by molar-refractivity contribution is 6.30. The molecule has 12 nitrogen and oxygen atoms in total. The van der Waals surface area contributed by atoms with Gasteiger partial charge in [0, 0.05) is 29.1 Å². The lowest BCUT2D eigenvalue weighted by Gasteiger charge is -2.47. The molecule has 13 heteroatoms. The predicted octanol–water partition coefficient (Wildman–Crippen LogP) is 2.63. The zero-order valence-corrected chi connectivity index (χ0v) is 22.9. The van der Waals surface area contributed by atoms with Crippen LogP contribution in [0.15, 0.2) is 42.6 Å². The van der Waals surface area contributed by atoms with Gasteiger partial charge in [-0.15, -0.1) is 0 Å². The topological polar surface area (TPSA) is 165 Å². The summed E-state index contributed by atoms with van der Waals surface area (Å²) in [4.78, 5) is 32.5. The number of imidazole rings is 1. The van der Waals surface area contributed by atoms with E-state index < -0.39 is 17.1 Å². The molecule has 206 valence electrons. The first-order valence-electron chi connectivity index (χ1n) is 12.5. The number of hydrogen-bond donors (Lipinski definition) is 2. The number of primary amides is 1. The molecule has 5 rings (SSSR count). The monoisotopic (exact) mass is 562 g/mol. The Morgan fingerprint density at radius 2 is 1.93 bits per heavy atom. The van der Waals surface area contributed by atoms with E-state index in [9.17, 15) is 15.2 Å². The number of nitrogens with zero attached hydrogens (tertiary/aromatic N) is 7. The third-order valence-corrected chi connectivity index (χ3v) is 6.56. The van der Waals surface area contributed by atoms with E-state index in [1.165, 1.54) is 0 Å². The van der Waals surface area contributed by atoms with Crippen LogP contribution in [0.2, 0.25) is 5.02 Å². The predicted molar refractivity (Wildman–Crippen MR) is 147 cm³/mol. The first kappa shape index (κ1) is 27.3. The van der Waals surface area contributed by atoms with E-state index in [4.69, 9.17) is 31.8 Å². The number of anilines is 1. The number of benzene rings is 1. The lowest BCUT2D eigenvalue weighted by molar-refractivity contribution is -0.146. The van der Waals surface area contributed by atoms with Gasteiger partial charge in [0.1, 0.15) is 24.2 Å². The number of fused-ring (bicyclic) bond motifs is 1. The van der Waals surface area contributed by atoms with Crippen LogP contribution in [0.4, 0.5) is 5.82 Å². The van der Waals surface area contributed by atoms with Crippen molar-refractivity contribution in [2.45, 2.75) is 32.0 Å². The van der Waals surface area contributed by atoms with Gasteiger partial charge in [-0.1, -0.05) is 11.6 Å². The Hall–Kier alpha value is -4.31. The van der Waals surface area contributed by atoms with Gasteiger partial charge in [-0.3, -0.25) is 9.36 Å². The second-order valence-corrected chi connectivity index (χ2v) is 10.5. The second-order valence-electron chi connectivity index (χ2n) is 10.0. The maximum atomic E-state index is 12.2. The Balaban J connectivity index is 1.72. The fourth-order valence-corrected chi connectivity index (χ4v) is 4.51. The third-order valence-electron chi connectivity index (χ3n) is 6.31. The van der Waals surface area contributed by atoms with Crippen LogP contribution < -0.4 is 15.4 Å². The van der Waals surface area contributed by atoms with Crippen molar-refractivity contribution < 1.29 is 19.4 Å². The number of nitrogens with two attached hydrogens (primary N) is 1. The summed E-state index contributed by atoms with van der Waals surface area (Å²) in [6, 6.07) is 12.5. The van der Waals surface area contributed by atoms with Crippen LogP contribution in [0, 0.1) is 11.3 Å². The summed E-state index contributed by atoms with van der Waals surface area (Å²) < 4.78 is 13.3. The zero-order chi connectivity index (χ0) is 28.7. The molecule has 0 bridgehead atoms. The minimum absolute atomic E-state index is 0.0113. The molecule has 1 aliphatic heterocycles. The summed E-state index contributed by atoms with van der Waals surface area (Å²) in [6.07, 6.45) is 1.56. The van der Waals surface area contributed by atoms with Gasteiger partial charge in [-0.05, 0) is 57.2 Å². The molecule has 4 heterocycles. The standard InChI is InChI=1S/C27H27ClN8O4/c1-4-40-27(24(30)37)13-35(14-27)22-20-23(34-25(33-22)39-15-26(2,3)38)36(19-9-6-17(28)7-10-19)21(32-20)16-5-8-18(11-29)31-12-16/h5-10,12,38H,4,13-15H2,1-3H3,(H2,30,37).